The average Bonchev–Trinajstić information content (AvgIpc) is 3.40. The molecule has 150 valence electrons. The Hall–Kier alpha value is -3.78. The van der Waals surface area contributed by atoms with Crippen LogP contribution in [-0.4, -0.2) is 28.5 Å². The number of nitrogens with one attached hydrogen (secondary N) is 2. The molecule has 0 bridgehead atoms. The van der Waals surface area contributed by atoms with E-state index in [2.05, 4.69) is 20.8 Å². The Balaban J connectivity index is 1.34. The minimum atomic E-state index is -0.489. The third-order valence-corrected chi connectivity index (χ3v) is 5.41. The van der Waals surface area contributed by atoms with Crippen LogP contribution in [0, 0.1) is 6.92 Å². The number of thiazole rings is 1. The number of carbonyl (C=O) groups is 2. The first-order chi connectivity index (χ1) is 14.6. The summed E-state index contributed by atoms with van der Waals surface area (Å²) >= 11 is 1.39. The van der Waals surface area contributed by atoms with E-state index in [1.54, 1.807) is 6.07 Å². The fourth-order valence-corrected chi connectivity index (χ4v) is 3.83. The fraction of sp³-hybridized carbons (Fsp3) is 0.0909. The summed E-state index contributed by atoms with van der Waals surface area (Å²) in [6.45, 7) is 1.69. The zero-order valence-corrected chi connectivity index (χ0v) is 16.9. The van der Waals surface area contributed by atoms with Gasteiger partial charge in [-0.25, -0.2) is 4.98 Å². The van der Waals surface area contributed by atoms with Gasteiger partial charge in [0.1, 0.15) is 0 Å². The topological polar surface area (TPSA) is 97.1 Å². The van der Waals surface area contributed by atoms with Gasteiger partial charge in [-0.15, -0.1) is 0 Å². The second-order valence-corrected chi connectivity index (χ2v) is 7.47. The Morgan fingerprint density at radius 3 is 2.37 bits per heavy atom. The molecule has 4 rings (SSSR count). The summed E-state index contributed by atoms with van der Waals surface area (Å²) in [5, 5.41) is 9.52. The monoisotopic (exact) mass is 418 g/mol. The van der Waals surface area contributed by atoms with Crippen molar-refractivity contribution in [3.63, 3.8) is 0 Å². The summed E-state index contributed by atoms with van der Waals surface area (Å²) in [7, 11) is 0. The summed E-state index contributed by atoms with van der Waals surface area (Å²) in [5.74, 6) is -0.378. The molecule has 0 spiro atoms. The molecular formula is C22H18N4O3S. The van der Waals surface area contributed by atoms with Crippen LogP contribution >= 0.6 is 11.3 Å². The van der Waals surface area contributed by atoms with Crippen molar-refractivity contribution >= 4 is 28.3 Å². The highest BCUT2D eigenvalue weighted by Gasteiger charge is 2.16. The highest BCUT2D eigenvalue weighted by Crippen LogP contribution is 2.32. The summed E-state index contributed by atoms with van der Waals surface area (Å²) in [5.41, 5.74) is 2.80. The number of hydrogen-bond donors (Lipinski definition) is 2. The van der Waals surface area contributed by atoms with E-state index in [-0.39, 0.29) is 18.1 Å². The third-order valence-electron chi connectivity index (χ3n) is 4.29. The molecule has 4 aromatic rings. The van der Waals surface area contributed by atoms with Crippen molar-refractivity contribution in [2.24, 2.45) is 0 Å². The van der Waals surface area contributed by atoms with Crippen molar-refractivity contribution in [1.29, 1.82) is 0 Å². The molecule has 0 aliphatic heterocycles. The van der Waals surface area contributed by atoms with Crippen molar-refractivity contribution in [2.75, 3.05) is 11.9 Å². The molecule has 2 heterocycles. The van der Waals surface area contributed by atoms with Gasteiger partial charge < -0.3 is 15.2 Å². The fourth-order valence-electron chi connectivity index (χ4n) is 2.84. The van der Waals surface area contributed by atoms with Gasteiger partial charge in [0.05, 0.1) is 17.1 Å². The van der Waals surface area contributed by atoms with Gasteiger partial charge in [0.25, 0.3) is 5.91 Å². The molecule has 2 aromatic carbocycles. The number of aryl methyl sites for hydroxylation is 1. The lowest BCUT2D eigenvalue weighted by Gasteiger charge is -2.02. The Morgan fingerprint density at radius 1 is 1.00 bits per heavy atom. The van der Waals surface area contributed by atoms with Crippen molar-refractivity contribution in [2.45, 2.75) is 6.92 Å². The Bertz CT molecular complexity index is 1170. The molecule has 0 saturated carbocycles. The van der Waals surface area contributed by atoms with Gasteiger partial charge in [0, 0.05) is 11.6 Å². The Kier molecular flexibility index (Phi) is 5.67. The number of amides is 2. The number of aromatic nitrogens is 2. The highest BCUT2D eigenvalue weighted by molar-refractivity contribution is 7.19. The van der Waals surface area contributed by atoms with Crippen LogP contribution in [0.1, 0.15) is 16.2 Å². The second kappa shape index (κ2) is 8.71. The first kappa shape index (κ1) is 19.5. The maximum absolute atomic E-state index is 12.3. The van der Waals surface area contributed by atoms with Crippen LogP contribution in [-0.2, 0) is 4.79 Å². The maximum Gasteiger partial charge on any atom is 0.273 e. The summed E-state index contributed by atoms with van der Waals surface area (Å²) in [6.07, 6.45) is 0. The third kappa shape index (κ3) is 4.44. The van der Waals surface area contributed by atoms with Crippen molar-refractivity contribution < 1.29 is 14.1 Å². The van der Waals surface area contributed by atoms with E-state index in [1.165, 1.54) is 11.3 Å². The number of benzene rings is 2. The number of rotatable bonds is 6. The first-order valence-electron chi connectivity index (χ1n) is 9.23. The van der Waals surface area contributed by atoms with E-state index in [1.807, 2.05) is 67.6 Å². The standard InChI is InChI=1S/C22H18N4O3S/c1-14-20(16-10-6-3-7-11-16)30-22(24-14)25-19(27)13-23-21(28)17-12-18(29-26-17)15-8-4-2-5-9-15/h2-12H,13H2,1H3,(H,23,28)(H,24,25,27). The molecule has 2 aromatic heterocycles. The molecule has 0 unspecified atom stereocenters. The van der Waals surface area contributed by atoms with Crippen molar-refractivity contribution in [3.05, 3.63) is 78.1 Å². The highest BCUT2D eigenvalue weighted by atomic mass is 32.1. The number of carbonyl (C=O) groups excluding carboxylic acids is 2. The van der Waals surface area contributed by atoms with E-state index in [4.69, 9.17) is 4.52 Å². The lowest BCUT2D eigenvalue weighted by molar-refractivity contribution is -0.115. The van der Waals surface area contributed by atoms with Gasteiger partial charge in [0.15, 0.2) is 16.6 Å². The molecule has 8 heteroatoms. The normalized spacial score (nSPS) is 10.6. The molecule has 0 radical (unpaired) electrons. The van der Waals surface area contributed by atoms with Crippen LogP contribution < -0.4 is 10.6 Å². The zero-order chi connectivity index (χ0) is 20.9. The molecule has 0 fully saturated rings. The smallest absolute Gasteiger partial charge is 0.273 e. The molecule has 2 N–H and O–H groups in total. The molecule has 0 atom stereocenters. The maximum atomic E-state index is 12.3. The van der Waals surface area contributed by atoms with Gasteiger partial charge in [0.2, 0.25) is 5.91 Å². The quantitative estimate of drug-likeness (QED) is 0.490. The number of hydrogen-bond acceptors (Lipinski definition) is 6. The van der Waals surface area contributed by atoms with Gasteiger partial charge in [-0.05, 0) is 12.5 Å². The molecule has 0 saturated heterocycles. The molecule has 0 aliphatic carbocycles. The predicted molar refractivity (Wildman–Crippen MR) is 115 cm³/mol. The van der Waals surface area contributed by atoms with Crippen LogP contribution in [0.5, 0.6) is 0 Å². The molecular weight excluding hydrogens is 400 g/mol. The summed E-state index contributed by atoms with van der Waals surface area (Å²) in [4.78, 5) is 29.9. The molecule has 0 aliphatic rings. The SMILES string of the molecule is Cc1nc(NC(=O)CNC(=O)c2cc(-c3ccccc3)on2)sc1-c1ccccc1. The van der Waals surface area contributed by atoms with E-state index in [0.717, 1.165) is 21.7 Å². The minimum absolute atomic E-state index is 0.109. The summed E-state index contributed by atoms with van der Waals surface area (Å²) < 4.78 is 5.21. The van der Waals surface area contributed by atoms with Gasteiger partial charge in [-0.3, -0.25) is 9.59 Å². The second-order valence-electron chi connectivity index (χ2n) is 6.47. The van der Waals surface area contributed by atoms with E-state index < -0.39 is 5.91 Å². The molecule has 2 amide bonds. The Labute approximate surface area is 176 Å². The van der Waals surface area contributed by atoms with E-state index in [0.29, 0.717) is 10.9 Å². The van der Waals surface area contributed by atoms with E-state index in [9.17, 15) is 9.59 Å². The van der Waals surface area contributed by atoms with Crippen LogP contribution in [0.4, 0.5) is 5.13 Å². The van der Waals surface area contributed by atoms with E-state index >= 15 is 0 Å². The molecule has 7 nitrogen and oxygen atoms in total. The first-order valence-corrected chi connectivity index (χ1v) is 10.0. The summed E-state index contributed by atoms with van der Waals surface area (Å²) in [6, 6.07) is 20.7. The van der Waals surface area contributed by atoms with Gasteiger partial charge in [-0.1, -0.05) is 77.2 Å². The number of anilines is 1. The zero-order valence-electron chi connectivity index (χ0n) is 16.1. The van der Waals surface area contributed by atoms with Gasteiger partial charge in [-0.2, -0.15) is 0 Å². The lowest BCUT2D eigenvalue weighted by atomic mass is 10.1. The van der Waals surface area contributed by atoms with Crippen molar-refractivity contribution in [3.8, 4) is 21.8 Å². The Morgan fingerprint density at radius 2 is 1.67 bits per heavy atom. The minimum Gasteiger partial charge on any atom is -0.355 e. The largest absolute Gasteiger partial charge is 0.355 e. The van der Waals surface area contributed by atoms with Crippen LogP contribution in [0.3, 0.4) is 0 Å². The lowest BCUT2D eigenvalue weighted by Crippen LogP contribution is -2.33. The average molecular weight is 418 g/mol. The predicted octanol–water partition coefficient (Wildman–Crippen LogP) is 4.14. The van der Waals surface area contributed by atoms with Crippen molar-refractivity contribution in [1.82, 2.24) is 15.5 Å². The molecule has 30 heavy (non-hydrogen) atoms. The van der Waals surface area contributed by atoms with Crippen LogP contribution in [0.15, 0.2) is 71.3 Å². The number of nitrogens with zero attached hydrogens (tertiary/aromatic N) is 2. The van der Waals surface area contributed by atoms with Crippen LogP contribution in [0.2, 0.25) is 0 Å². The van der Waals surface area contributed by atoms with Gasteiger partial charge >= 0.3 is 0 Å². The van der Waals surface area contributed by atoms with Crippen LogP contribution in [0.25, 0.3) is 21.8 Å².